The molecule has 0 spiro atoms. The average Bonchev–Trinajstić information content (AvgIpc) is 3.11. The summed E-state index contributed by atoms with van der Waals surface area (Å²) in [5, 5.41) is 11.9. The Bertz CT molecular complexity index is 858. The lowest BCUT2D eigenvalue weighted by Gasteiger charge is -2.15. The van der Waals surface area contributed by atoms with E-state index in [-0.39, 0.29) is 18.0 Å². The van der Waals surface area contributed by atoms with Crippen molar-refractivity contribution in [1.29, 1.82) is 0 Å². The molecule has 0 heterocycles. The topological polar surface area (TPSA) is 119 Å². The summed E-state index contributed by atoms with van der Waals surface area (Å²) in [5.41, 5.74) is 5.48. The van der Waals surface area contributed by atoms with Crippen LogP contribution in [0.1, 0.15) is 219 Å². The maximum atomic E-state index is 12.7. The van der Waals surface area contributed by atoms with E-state index < -0.39 is 12.0 Å². The zero-order chi connectivity index (χ0) is 37.5. The Morgan fingerprint density at radius 2 is 1.02 bits per heavy atom. The lowest BCUT2D eigenvalue weighted by molar-refractivity contribution is -0.147. The molecule has 0 aromatic heterocycles. The number of esters is 1. The average molecular weight is 719 g/mol. The van der Waals surface area contributed by atoms with E-state index in [1.54, 1.807) is 0 Å². The van der Waals surface area contributed by atoms with Crippen LogP contribution in [0.15, 0.2) is 24.3 Å². The van der Waals surface area contributed by atoms with Gasteiger partial charge in [0.05, 0.1) is 0 Å². The highest BCUT2D eigenvalue weighted by atomic mass is 16.5. The van der Waals surface area contributed by atoms with Crippen molar-refractivity contribution in [1.82, 2.24) is 5.32 Å². The minimum Gasteiger partial charge on any atom is -0.480 e. The van der Waals surface area contributed by atoms with Crippen LogP contribution in [0.2, 0.25) is 0 Å². The number of carbonyl (C=O) groups is 3. The van der Waals surface area contributed by atoms with Gasteiger partial charge in [0.25, 0.3) is 0 Å². The Morgan fingerprint density at radius 1 is 0.569 bits per heavy atom. The molecule has 0 aliphatic heterocycles. The molecular formula is C44H82N2O5. The third-order valence-corrected chi connectivity index (χ3v) is 9.72. The first kappa shape index (κ1) is 48.9. The van der Waals surface area contributed by atoms with Crippen molar-refractivity contribution in [3.63, 3.8) is 0 Å². The Hall–Kier alpha value is -2.15. The minimum absolute atomic E-state index is 0.0909. The number of hydrogen-bond donors (Lipinski definition) is 3. The third-order valence-electron chi connectivity index (χ3n) is 9.72. The monoisotopic (exact) mass is 719 g/mol. The number of aliphatic carboxylic acids is 1. The van der Waals surface area contributed by atoms with Crippen LogP contribution in [-0.4, -0.2) is 41.6 Å². The Balaban J connectivity index is 4.21. The normalized spacial score (nSPS) is 12.8. The summed E-state index contributed by atoms with van der Waals surface area (Å²) in [7, 11) is 0. The van der Waals surface area contributed by atoms with Crippen LogP contribution in [0.25, 0.3) is 0 Å². The number of carbonyl (C=O) groups excluding carboxylic acids is 2. The van der Waals surface area contributed by atoms with Crippen LogP contribution in [0.4, 0.5) is 0 Å². The standard InChI is InChI=1S/C44H82N2O5/c1-3-5-7-9-11-13-14-15-16-17-18-19-20-21-22-24-26-32-38-43(48)51-40(34-29-25-23-12-10-8-6-4-2)35-30-27-28-31-37-42(47)46-41(44(49)50)36-33-39-45/h16-17,29,34,40-41H,3-15,18-28,30-33,35-39,45H2,1-2H3,(H,46,47)(H,49,50)/b17-16-,34-29-. The predicted molar refractivity (Wildman–Crippen MR) is 216 cm³/mol. The highest BCUT2D eigenvalue weighted by Gasteiger charge is 2.19. The predicted octanol–water partition coefficient (Wildman–Crippen LogP) is 12.1. The second-order valence-electron chi connectivity index (χ2n) is 14.7. The fourth-order valence-electron chi connectivity index (χ4n) is 6.41. The van der Waals surface area contributed by atoms with Gasteiger partial charge in [0.2, 0.25) is 5.91 Å². The second-order valence-corrected chi connectivity index (χ2v) is 14.7. The molecule has 0 fully saturated rings. The molecular weight excluding hydrogens is 636 g/mol. The van der Waals surface area contributed by atoms with Crippen LogP contribution in [-0.2, 0) is 19.1 Å². The molecule has 0 bridgehead atoms. The molecule has 0 aliphatic rings. The Morgan fingerprint density at radius 3 is 1.53 bits per heavy atom. The van der Waals surface area contributed by atoms with Crippen LogP contribution >= 0.6 is 0 Å². The van der Waals surface area contributed by atoms with E-state index in [2.05, 4.69) is 43.5 Å². The van der Waals surface area contributed by atoms with Crippen LogP contribution in [0.5, 0.6) is 0 Å². The number of unbranched alkanes of at least 4 members (excludes halogenated alkanes) is 23. The SMILES string of the molecule is CCCCCCCC/C=C\C(CCCCCCC(=O)NC(CCCN)C(=O)O)OC(=O)CCCCCCCCC/C=C\CCCCCCCCC. The maximum Gasteiger partial charge on any atom is 0.326 e. The van der Waals surface area contributed by atoms with Crippen LogP contribution < -0.4 is 11.1 Å². The lowest BCUT2D eigenvalue weighted by atomic mass is 10.1. The molecule has 7 nitrogen and oxygen atoms in total. The zero-order valence-electron chi connectivity index (χ0n) is 33.5. The number of ether oxygens (including phenoxy) is 1. The van der Waals surface area contributed by atoms with Gasteiger partial charge in [-0.05, 0) is 89.7 Å². The highest BCUT2D eigenvalue weighted by Crippen LogP contribution is 2.16. The van der Waals surface area contributed by atoms with Crippen LogP contribution in [0.3, 0.4) is 0 Å². The molecule has 4 N–H and O–H groups in total. The van der Waals surface area contributed by atoms with Gasteiger partial charge in [0.15, 0.2) is 0 Å². The van der Waals surface area contributed by atoms with Crippen molar-refractivity contribution in [3.05, 3.63) is 24.3 Å². The van der Waals surface area contributed by atoms with E-state index in [0.29, 0.717) is 38.6 Å². The second kappa shape index (κ2) is 39.1. The molecule has 1 amide bonds. The minimum atomic E-state index is -1.01. The molecule has 2 atom stereocenters. The smallest absolute Gasteiger partial charge is 0.326 e. The number of hydrogen-bond acceptors (Lipinski definition) is 5. The Labute approximate surface area is 314 Å². The molecule has 0 saturated heterocycles. The van der Waals surface area contributed by atoms with E-state index >= 15 is 0 Å². The number of carboxylic acids is 1. The molecule has 7 heteroatoms. The van der Waals surface area contributed by atoms with Crippen molar-refractivity contribution in [3.8, 4) is 0 Å². The van der Waals surface area contributed by atoms with E-state index in [1.807, 2.05) is 0 Å². The van der Waals surface area contributed by atoms with Gasteiger partial charge in [-0.25, -0.2) is 4.79 Å². The molecule has 298 valence electrons. The largest absolute Gasteiger partial charge is 0.480 e. The number of amides is 1. The van der Waals surface area contributed by atoms with Gasteiger partial charge >= 0.3 is 11.9 Å². The van der Waals surface area contributed by atoms with E-state index in [0.717, 1.165) is 44.9 Å². The first-order chi connectivity index (χ1) is 24.9. The summed E-state index contributed by atoms with van der Waals surface area (Å²) >= 11 is 0. The first-order valence-corrected chi connectivity index (χ1v) is 21.7. The van der Waals surface area contributed by atoms with Gasteiger partial charge in [0.1, 0.15) is 12.1 Å². The van der Waals surface area contributed by atoms with Crippen molar-refractivity contribution in [2.24, 2.45) is 5.73 Å². The molecule has 2 unspecified atom stereocenters. The maximum absolute atomic E-state index is 12.7. The van der Waals surface area contributed by atoms with Crippen molar-refractivity contribution < 1.29 is 24.2 Å². The third kappa shape index (κ3) is 36.0. The Kier molecular flexibility index (Phi) is 37.4. The summed E-state index contributed by atoms with van der Waals surface area (Å²) in [6, 6.07) is -0.869. The molecule has 0 aromatic carbocycles. The van der Waals surface area contributed by atoms with Gasteiger partial charge in [0, 0.05) is 12.8 Å². The summed E-state index contributed by atoms with van der Waals surface area (Å²) in [4.78, 5) is 36.3. The van der Waals surface area contributed by atoms with Gasteiger partial charge < -0.3 is 20.9 Å². The number of rotatable bonds is 39. The first-order valence-electron chi connectivity index (χ1n) is 21.7. The summed E-state index contributed by atoms with van der Waals surface area (Å²) in [6.45, 7) is 4.92. The molecule has 0 saturated carbocycles. The molecule has 0 rings (SSSR count). The van der Waals surface area contributed by atoms with Gasteiger partial charge in [-0.2, -0.15) is 0 Å². The van der Waals surface area contributed by atoms with Gasteiger partial charge in [-0.1, -0.05) is 148 Å². The van der Waals surface area contributed by atoms with Gasteiger partial charge in [-0.3, -0.25) is 9.59 Å². The van der Waals surface area contributed by atoms with Crippen molar-refractivity contribution >= 4 is 17.8 Å². The molecule has 51 heavy (non-hydrogen) atoms. The fourth-order valence-corrected chi connectivity index (χ4v) is 6.41. The van der Waals surface area contributed by atoms with E-state index in [1.165, 1.54) is 128 Å². The fraction of sp³-hybridized carbons (Fsp3) is 0.841. The number of carboxylic acid groups (broad SMARTS) is 1. The quantitative estimate of drug-likeness (QED) is 0.0331. The molecule has 0 radical (unpaired) electrons. The van der Waals surface area contributed by atoms with Gasteiger partial charge in [-0.15, -0.1) is 0 Å². The summed E-state index contributed by atoms with van der Waals surface area (Å²) in [5.74, 6) is -1.33. The zero-order valence-corrected chi connectivity index (χ0v) is 33.5. The highest BCUT2D eigenvalue weighted by molar-refractivity contribution is 5.83. The number of nitrogens with one attached hydrogen (secondary N) is 1. The van der Waals surface area contributed by atoms with Crippen LogP contribution in [0, 0.1) is 0 Å². The number of nitrogens with two attached hydrogens (primary N) is 1. The lowest BCUT2D eigenvalue weighted by Crippen LogP contribution is -2.40. The molecule has 0 aliphatic carbocycles. The summed E-state index contributed by atoms with van der Waals surface area (Å²) < 4.78 is 5.93. The summed E-state index contributed by atoms with van der Waals surface area (Å²) in [6.07, 6.45) is 43.8. The van der Waals surface area contributed by atoms with Crippen molar-refractivity contribution in [2.45, 2.75) is 231 Å². The van der Waals surface area contributed by atoms with E-state index in [4.69, 9.17) is 10.5 Å². The number of allylic oxidation sites excluding steroid dienone is 3. The van der Waals surface area contributed by atoms with E-state index in [9.17, 15) is 19.5 Å². The molecule has 0 aromatic rings. The van der Waals surface area contributed by atoms with Crippen molar-refractivity contribution in [2.75, 3.05) is 6.54 Å².